The van der Waals surface area contributed by atoms with Gasteiger partial charge in [0.15, 0.2) is 5.82 Å². The molecule has 0 unspecified atom stereocenters. The highest BCUT2D eigenvalue weighted by atomic mass is 19.1. The summed E-state index contributed by atoms with van der Waals surface area (Å²) in [6.45, 7) is 0. The van der Waals surface area contributed by atoms with Gasteiger partial charge < -0.3 is 10.7 Å². The maximum absolute atomic E-state index is 13.4. The molecular weight excluding hydrogens is 209 g/mol. The molecule has 0 atom stereocenters. The fourth-order valence-electron chi connectivity index (χ4n) is 1.61. The largest absolute Gasteiger partial charge is 0.383 e. The maximum Gasteiger partial charge on any atom is 0.151 e. The van der Waals surface area contributed by atoms with Crippen molar-refractivity contribution in [2.24, 2.45) is 0 Å². The summed E-state index contributed by atoms with van der Waals surface area (Å²) >= 11 is 0. The van der Waals surface area contributed by atoms with Gasteiger partial charge in [-0.2, -0.15) is 5.10 Å². The van der Waals surface area contributed by atoms with E-state index in [1.807, 2.05) is 0 Å². The zero-order chi connectivity index (χ0) is 11.1. The number of anilines is 1. The summed E-state index contributed by atoms with van der Waals surface area (Å²) in [4.78, 5) is 7.13. The molecule has 2 aromatic heterocycles. The summed E-state index contributed by atoms with van der Waals surface area (Å²) < 4.78 is 13.4. The number of imidazole rings is 1. The van der Waals surface area contributed by atoms with Crippen molar-refractivity contribution >= 4 is 16.9 Å². The number of nitrogen functional groups attached to an aromatic ring is 1. The molecule has 0 amide bonds. The van der Waals surface area contributed by atoms with Crippen LogP contribution in [0, 0.1) is 5.82 Å². The highest BCUT2D eigenvalue weighted by molar-refractivity contribution is 5.81. The molecule has 80 valence electrons. The summed E-state index contributed by atoms with van der Waals surface area (Å²) in [5.41, 5.74) is 7.23. The zero-order valence-corrected chi connectivity index (χ0v) is 8.16. The lowest BCUT2D eigenvalue weighted by Crippen LogP contribution is -1.88. The molecular formula is C10H8FN5. The first-order valence-corrected chi connectivity index (χ1v) is 4.69. The van der Waals surface area contributed by atoms with Crippen molar-refractivity contribution in [1.82, 2.24) is 20.2 Å². The highest BCUT2D eigenvalue weighted by Crippen LogP contribution is 2.24. The molecule has 16 heavy (non-hydrogen) atoms. The Morgan fingerprint density at radius 3 is 2.88 bits per heavy atom. The van der Waals surface area contributed by atoms with Crippen LogP contribution in [0.4, 0.5) is 10.2 Å². The van der Waals surface area contributed by atoms with E-state index in [0.717, 1.165) is 0 Å². The Morgan fingerprint density at radius 2 is 2.19 bits per heavy atom. The second-order valence-electron chi connectivity index (χ2n) is 3.42. The van der Waals surface area contributed by atoms with Crippen LogP contribution in [0.25, 0.3) is 22.4 Å². The summed E-state index contributed by atoms with van der Waals surface area (Å²) in [6.07, 6.45) is 1.55. The minimum Gasteiger partial charge on any atom is -0.383 e. The lowest BCUT2D eigenvalue weighted by molar-refractivity contribution is 0.637. The second-order valence-corrected chi connectivity index (χ2v) is 3.42. The minimum atomic E-state index is -0.359. The third kappa shape index (κ3) is 1.16. The molecule has 5 nitrogen and oxygen atoms in total. The minimum absolute atomic E-state index is 0.304. The van der Waals surface area contributed by atoms with E-state index in [4.69, 9.17) is 5.73 Å². The van der Waals surface area contributed by atoms with E-state index >= 15 is 0 Å². The Hall–Kier alpha value is -2.37. The summed E-state index contributed by atoms with van der Waals surface area (Å²) in [6, 6.07) is 4.75. The first-order chi connectivity index (χ1) is 7.75. The number of nitrogens with two attached hydrogens (primary N) is 1. The Kier molecular flexibility index (Phi) is 1.70. The highest BCUT2D eigenvalue weighted by Gasteiger charge is 2.11. The molecule has 4 N–H and O–H groups in total. The number of para-hydroxylation sites is 1. The van der Waals surface area contributed by atoms with Crippen molar-refractivity contribution in [3.8, 4) is 11.4 Å². The van der Waals surface area contributed by atoms with Crippen LogP contribution in [-0.4, -0.2) is 20.2 Å². The van der Waals surface area contributed by atoms with Gasteiger partial charge in [-0.05, 0) is 12.1 Å². The predicted octanol–water partition coefficient (Wildman–Crippen LogP) is 1.67. The topological polar surface area (TPSA) is 83.4 Å². The average molecular weight is 217 g/mol. The fraction of sp³-hybridized carbons (Fsp3) is 0. The smallest absolute Gasteiger partial charge is 0.151 e. The van der Waals surface area contributed by atoms with Crippen molar-refractivity contribution < 1.29 is 4.39 Å². The Balaban J connectivity index is 2.27. The van der Waals surface area contributed by atoms with Crippen LogP contribution >= 0.6 is 0 Å². The van der Waals surface area contributed by atoms with Gasteiger partial charge in [0.1, 0.15) is 17.2 Å². The van der Waals surface area contributed by atoms with Crippen LogP contribution in [-0.2, 0) is 0 Å². The van der Waals surface area contributed by atoms with Crippen LogP contribution in [0.15, 0.2) is 24.4 Å². The number of aromatic nitrogens is 4. The molecule has 0 spiro atoms. The molecule has 3 aromatic rings. The molecule has 0 aliphatic heterocycles. The molecule has 2 heterocycles. The van der Waals surface area contributed by atoms with Crippen LogP contribution in [0.5, 0.6) is 0 Å². The van der Waals surface area contributed by atoms with Crippen LogP contribution in [0.1, 0.15) is 0 Å². The van der Waals surface area contributed by atoms with Gasteiger partial charge in [-0.3, -0.25) is 5.10 Å². The Bertz CT molecular complexity index is 654. The number of nitrogens with zero attached hydrogens (tertiary/aromatic N) is 2. The molecule has 0 bridgehead atoms. The quantitative estimate of drug-likeness (QED) is 0.579. The normalized spacial score (nSPS) is 11.1. The number of aromatic amines is 2. The van der Waals surface area contributed by atoms with Crippen molar-refractivity contribution in [2.75, 3.05) is 5.73 Å². The number of fused-ring (bicyclic) bond motifs is 1. The molecule has 0 fully saturated rings. The van der Waals surface area contributed by atoms with Gasteiger partial charge in [0.25, 0.3) is 0 Å². The van der Waals surface area contributed by atoms with Gasteiger partial charge in [0, 0.05) is 0 Å². The van der Waals surface area contributed by atoms with Crippen molar-refractivity contribution in [3.63, 3.8) is 0 Å². The van der Waals surface area contributed by atoms with E-state index in [9.17, 15) is 4.39 Å². The van der Waals surface area contributed by atoms with E-state index in [1.165, 1.54) is 6.07 Å². The summed E-state index contributed by atoms with van der Waals surface area (Å²) in [7, 11) is 0. The third-order valence-electron chi connectivity index (χ3n) is 2.39. The standard InChI is InChI=1S/C10H8FN5/c11-6-2-1-3-7-8(6)15-10(14-7)5-4-13-16-9(5)12/h1-4H,(H,14,15)(H3,12,13,16). The van der Waals surface area contributed by atoms with Crippen molar-refractivity contribution in [3.05, 3.63) is 30.2 Å². The third-order valence-corrected chi connectivity index (χ3v) is 2.39. The van der Waals surface area contributed by atoms with Gasteiger partial charge in [0.05, 0.1) is 17.3 Å². The second kappa shape index (κ2) is 3.06. The first kappa shape index (κ1) is 8.90. The first-order valence-electron chi connectivity index (χ1n) is 4.69. The fourth-order valence-corrected chi connectivity index (χ4v) is 1.61. The van der Waals surface area contributed by atoms with Crippen LogP contribution < -0.4 is 5.73 Å². The van der Waals surface area contributed by atoms with Crippen LogP contribution in [0.3, 0.4) is 0 Å². The molecule has 3 rings (SSSR count). The number of rotatable bonds is 1. The van der Waals surface area contributed by atoms with Gasteiger partial charge in [-0.15, -0.1) is 0 Å². The zero-order valence-electron chi connectivity index (χ0n) is 8.16. The van der Waals surface area contributed by atoms with Gasteiger partial charge >= 0.3 is 0 Å². The Morgan fingerprint density at radius 1 is 1.31 bits per heavy atom. The monoisotopic (exact) mass is 217 g/mol. The number of hydrogen-bond acceptors (Lipinski definition) is 3. The number of halogens is 1. The predicted molar refractivity (Wildman–Crippen MR) is 58.0 cm³/mol. The van der Waals surface area contributed by atoms with Crippen molar-refractivity contribution in [2.45, 2.75) is 0 Å². The number of nitrogens with one attached hydrogen (secondary N) is 2. The number of H-pyrrole nitrogens is 2. The summed E-state index contributed by atoms with van der Waals surface area (Å²) in [5.74, 6) is 0.549. The van der Waals surface area contributed by atoms with E-state index in [2.05, 4.69) is 20.2 Å². The molecule has 0 aliphatic rings. The van der Waals surface area contributed by atoms with E-state index in [1.54, 1.807) is 18.3 Å². The molecule has 1 aromatic carbocycles. The Labute approximate surface area is 89.5 Å². The van der Waals surface area contributed by atoms with E-state index < -0.39 is 0 Å². The van der Waals surface area contributed by atoms with E-state index in [0.29, 0.717) is 28.2 Å². The lowest BCUT2D eigenvalue weighted by atomic mass is 10.3. The summed E-state index contributed by atoms with van der Waals surface area (Å²) in [5, 5.41) is 6.39. The maximum atomic E-state index is 13.4. The lowest BCUT2D eigenvalue weighted by Gasteiger charge is -1.90. The molecule has 0 saturated heterocycles. The molecule has 0 aliphatic carbocycles. The number of hydrogen-bond donors (Lipinski definition) is 3. The number of benzene rings is 1. The van der Waals surface area contributed by atoms with Crippen molar-refractivity contribution in [1.29, 1.82) is 0 Å². The van der Waals surface area contributed by atoms with Gasteiger partial charge in [0.2, 0.25) is 0 Å². The van der Waals surface area contributed by atoms with Crippen LogP contribution in [0.2, 0.25) is 0 Å². The van der Waals surface area contributed by atoms with Gasteiger partial charge in [-0.1, -0.05) is 6.07 Å². The molecule has 0 saturated carbocycles. The average Bonchev–Trinajstić information content (AvgIpc) is 2.84. The van der Waals surface area contributed by atoms with Gasteiger partial charge in [-0.25, -0.2) is 9.37 Å². The SMILES string of the molecule is Nc1[nH]ncc1-c1nc2c(F)cccc2[nH]1. The molecule has 6 heteroatoms. The molecule has 0 radical (unpaired) electrons. The van der Waals surface area contributed by atoms with E-state index in [-0.39, 0.29) is 5.82 Å².